The topological polar surface area (TPSA) is 101 Å². The summed E-state index contributed by atoms with van der Waals surface area (Å²) in [5.74, 6) is 0.204. The van der Waals surface area contributed by atoms with Crippen LogP contribution < -0.4 is 5.73 Å². The SMILES string of the molecule is CCN(CC)C(=O)c1cnn2ccc(C3CCN(S(=O)(=O)c4ccc(N)cc4)CC3)cc12. The molecule has 170 valence electrons. The molecule has 1 aliphatic rings. The highest BCUT2D eigenvalue weighted by molar-refractivity contribution is 7.89. The first-order valence-electron chi connectivity index (χ1n) is 11.0. The lowest BCUT2D eigenvalue weighted by Gasteiger charge is -2.31. The molecule has 3 heterocycles. The number of carbonyl (C=O) groups excluding carboxylic acids is 1. The number of hydrogen-bond acceptors (Lipinski definition) is 5. The van der Waals surface area contributed by atoms with E-state index < -0.39 is 10.0 Å². The molecule has 0 unspecified atom stereocenters. The van der Waals surface area contributed by atoms with E-state index >= 15 is 0 Å². The number of nitrogens with two attached hydrogens (primary N) is 1. The normalized spacial score (nSPS) is 15.8. The summed E-state index contributed by atoms with van der Waals surface area (Å²) in [4.78, 5) is 14.9. The molecule has 32 heavy (non-hydrogen) atoms. The maximum absolute atomic E-state index is 13.0. The van der Waals surface area contributed by atoms with Crippen LogP contribution >= 0.6 is 0 Å². The quantitative estimate of drug-likeness (QED) is 0.576. The second-order valence-electron chi connectivity index (χ2n) is 8.07. The molecule has 2 N–H and O–H groups in total. The van der Waals surface area contributed by atoms with Gasteiger partial charge in [0.2, 0.25) is 10.0 Å². The minimum absolute atomic E-state index is 0.0217. The van der Waals surface area contributed by atoms with E-state index in [1.165, 1.54) is 0 Å². The summed E-state index contributed by atoms with van der Waals surface area (Å²) >= 11 is 0. The molecule has 0 saturated carbocycles. The molecule has 1 aromatic carbocycles. The van der Waals surface area contributed by atoms with E-state index in [0.717, 1.165) is 23.9 Å². The summed E-state index contributed by atoms with van der Waals surface area (Å²) in [6.07, 6.45) is 4.94. The van der Waals surface area contributed by atoms with Gasteiger partial charge in [0.15, 0.2) is 0 Å². The summed E-state index contributed by atoms with van der Waals surface area (Å²) in [5, 5.41) is 4.33. The number of anilines is 1. The van der Waals surface area contributed by atoms with E-state index in [0.29, 0.717) is 37.4 Å². The summed E-state index contributed by atoms with van der Waals surface area (Å²) in [6, 6.07) is 10.4. The molecule has 0 atom stereocenters. The van der Waals surface area contributed by atoms with E-state index in [1.54, 1.807) is 44.2 Å². The standard InChI is InChI=1S/C23H29N5O3S/c1-3-26(4-2)23(29)21-16-25-28-14-11-18(15-22(21)28)17-9-12-27(13-10-17)32(30,31)20-7-5-19(24)6-8-20/h5-8,11,14-17H,3-4,9-10,12-13,24H2,1-2H3. The molecule has 0 spiro atoms. The van der Waals surface area contributed by atoms with Crippen LogP contribution in [0.15, 0.2) is 53.7 Å². The number of nitrogen functional groups attached to an aromatic ring is 1. The van der Waals surface area contributed by atoms with Crippen LogP contribution in [0.4, 0.5) is 5.69 Å². The van der Waals surface area contributed by atoms with Gasteiger partial charge >= 0.3 is 0 Å². The predicted molar refractivity (Wildman–Crippen MR) is 124 cm³/mol. The van der Waals surface area contributed by atoms with Crippen LogP contribution in [-0.4, -0.2) is 59.3 Å². The number of sulfonamides is 1. The molecule has 1 amide bonds. The average Bonchev–Trinajstić information content (AvgIpc) is 3.23. The van der Waals surface area contributed by atoms with Gasteiger partial charge in [-0.15, -0.1) is 0 Å². The van der Waals surface area contributed by atoms with Crippen LogP contribution in [0.1, 0.15) is 48.5 Å². The number of aromatic nitrogens is 2. The fraction of sp³-hybridized carbons (Fsp3) is 0.391. The third-order valence-corrected chi connectivity index (χ3v) is 8.18. The number of amides is 1. The summed E-state index contributed by atoms with van der Waals surface area (Å²) in [5.41, 5.74) is 8.72. The Morgan fingerprint density at radius 3 is 2.41 bits per heavy atom. The first-order chi connectivity index (χ1) is 15.3. The van der Waals surface area contributed by atoms with Gasteiger partial charge in [0.1, 0.15) is 0 Å². The molecule has 1 fully saturated rings. The van der Waals surface area contributed by atoms with Gasteiger partial charge in [-0.05, 0) is 74.6 Å². The van der Waals surface area contributed by atoms with Crippen LogP contribution in [0.2, 0.25) is 0 Å². The van der Waals surface area contributed by atoms with Gasteiger partial charge in [-0.1, -0.05) is 0 Å². The molecule has 1 aliphatic heterocycles. The van der Waals surface area contributed by atoms with Gasteiger partial charge in [0.25, 0.3) is 5.91 Å². The second kappa shape index (κ2) is 8.91. The molecule has 9 heteroatoms. The number of carbonyl (C=O) groups is 1. The van der Waals surface area contributed by atoms with Crippen molar-refractivity contribution >= 4 is 27.1 Å². The third-order valence-electron chi connectivity index (χ3n) is 6.27. The molecular weight excluding hydrogens is 426 g/mol. The molecule has 2 aromatic heterocycles. The summed E-state index contributed by atoms with van der Waals surface area (Å²) in [7, 11) is -3.53. The number of nitrogens with zero attached hydrogens (tertiary/aromatic N) is 4. The van der Waals surface area contributed by atoms with Crippen molar-refractivity contribution in [3.05, 3.63) is 59.9 Å². The molecule has 0 radical (unpaired) electrons. The highest BCUT2D eigenvalue weighted by atomic mass is 32.2. The van der Waals surface area contributed by atoms with Crippen molar-refractivity contribution in [3.8, 4) is 0 Å². The zero-order valence-electron chi connectivity index (χ0n) is 18.4. The Bertz CT molecular complexity index is 1210. The number of fused-ring (bicyclic) bond motifs is 1. The highest BCUT2D eigenvalue weighted by Crippen LogP contribution is 2.32. The number of rotatable bonds is 6. The van der Waals surface area contributed by atoms with Crippen LogP contribution in [-0.2, 0) is 10.0 Å². The van der Waals surface area contributed by atoms with Crippen molar-refractivity contribution in [2.45, 2.75) is 37.5 Å². The third kappa shape index (κ3) is 4.10. The Hall–Kier alpha value is -2.91. The van der Waals surface area contributed by atoms with Crippen LogP contribution in [0.3, 0.4) is 0 Å². The lowest BCUT2D eigenvalue weighted by molar-refractivity contribution is 0.0775. The van der Waals surface area contributed by atoms with Crippen molar-refractivity contribution in [2.24, 2.45) is 0 Å². The van der Waals surface area contributed by atoms with Gasteiger partial charge in [0.05, 0.1) is 22.2 Å². The van der Waals surface area contributed by atoms with Gasteiger partial charge in [0, 0.05) is 38.1 Å². The Balaban J connectivity index is 1.52. The number of hydrogen-bond donors (Lipinski definition) is 1. The van der Waals surface area contributed by atoms with E-state index in [1.807, 2.05) is 32.2 Å². The maximum atomic E-state index is 13.0. The monoisotopic (exact) mass is 455 g/mol. The number of piperidine rings is 1. The minimum atomic E-state index is -3.53. The fourth-order valence-corrected chi connectivity index (χ4v) is 5.78. The van der Waals surface area contributed by atoms with Crippen LogP contribution in [0, 0.1) is 0 Å². The first-order valence-corrected chi connectivity index (χ1v) is 12.4. The smallest absolute Gasteiger partial charge is 0.257 e. The largest absolute Gasteiger partial charge is 0.399 e. The lowest BCUT2D eigenvalue weighted by atomic mass is 9.90. The van der Waals surface area contributed by atoms with E-state index in [4.69, 9.17) is 5.73 Å². The van der Waals surface area contributed by atoms with E-state index in [-0.39, 0.29) is 16.7 Å². The molecular formula is C23H29N5O3S. The Morgan fingerprint density at radius 1 is 1.12 bits per heavy atom. The minimum Gasteiger partial charge on any atom is -0.399 e. The molecule has 3 aromatic rings. The number of pyridine rings is 1. The van der Waals surface area contributed by atoms with Crippen molar-refractivity contribution in [1.29, 1.82) is 0 Å². The maximum Gasteiger partial charge on any atom is 0.257 e. The van der Waals surface area contributed by atoms with Crippen LogP contribution in [0.25, 0.3) is 5.52 Å². The van der Waals surface area contributed by atoms with Gasteiger partial charge in [-0.3, -0.25) is 4.79 Å². The zero-order chi connectivity index (χ0) is 22.9. The fourth-order valence-electron chi connectivity index (χ4n) is 4.32. The Labute approximate surface area is 188 Å². The Kier molecular flexibility index (Phi) is 6.21. The van der Waals surface area contributed by atoms with Crippen molar-refractivity contribution in [3.63, 3.8) is 0 Å². The zero-order valence-corrected chi connectivity index (χ0v) is 19.3. The summed E-state index contributed by atoms with van der Waals surface area (Å²) in [6.45, 7) is 6.12. The van der Waals surface area contributed by atoms with Gasteiger partial charge in [-0.25, -0.2) is 12.9 Å². The molecule has 4 rings (SSSR count). The van der Waals surface area contributed by atoms with Crippen molar-refractivity contribution < 1.29 is 13.2 Å². The van der Waals surface area contributed by atoms with Gasteiger partial charge < -0.3 is 10.6 Å². The van der Waals surface area contributed by atoms with Gasteiger partial charge in [-0.2, -0.15) is 9.40 Å². The highest BCUT2D eigenvalue weighted by Gasteiger charge is 2.30. The van der Waals surface area contributed by atoms with Crippen molar-refractivity contribution in [2.75, 3.05) is 31.9 Å². The average molecular weight is 456 g/mol. The Morgan fingerprint density at radius 2 is 1.78 bits per heavy atom. The summed E-state index contributed by atoms with van der Waals surface area (Å²) < 4.78 is 29.2. The predicted octanol–water partition coefficient (Wildman–Crippen LogP) is 2.97. The number of benzene rings is 1. The van der Waals surface area contributed by atoms with Crippen LogP contribution in [0.5, 0.6) is 0 Å². The molecule has 0 bridgehead atoms. The first kappa shape index (κ1) is 22.3. The van der Waals surface area contributed by atoms with E-state index in [2.05, 4.69) is 5.10 Å². The molecule has 8 nitrogen and oxygen atoms in total. The molecule has 0 aliphatic carbocycles. The lowest BCUT2D eigenvalue weighted by Crippen LogP contribution is -2.37. The van der Waals surface area contributed by atoms with Crippen molar-refractivity contribution in [1.82, 2.24) is 18.8 Å². The molecule has 1 saturated heterocycles. The second-order valence-corrected chi connectivity index (χ2v) is 10.0. The van der Waals surface area contributed by atoms with E-state index in [9.17, 15) is 13.2 Å².